The average molecular weight is 522 g/mol. The predicted molar refractivity (Wildman–Crippen MR) is 146 cm³/mol. The molecule has 1 unspecified atom stereocenters. The van der Waals surface area contributed by atoms with E-state index in [1.54, 1.807) is 26.4 Å². The standard InChI is InChI=1S/C20H26N4O4.C8H9NO/c1-4-19(25)21-20-13-24(7-8-28-20)18-11-15(22-23-18)6-5-14-9-16(26-2)12-17(10-14)27-3;1-6-2-4-7(5-3-6)8(9)10/h4,9-12,20H,1,5-8,13H2,2-3H3,(H,21,25)(H,22,23);2-5H,1H3,(H2,9,10). The Hall–Kier alpha value is -4.31. The van der Waals surface area contributed by atoms with Gasteiger partial charge in [0.2, 0.25) is 11.8 Å². The lowest BCUT2D eigenvalue weighted by Crippen LogP contribution is -2.50. The lowest BCUT2D eigenvalue weighted by molar-refractivity contribution is -0.121. The highest BCUT2D eigenvalue weighted by molar-refractivity contribution is 5.92. The summed E-state index contributed by atoms with van der Waals surface area (Å²) in [7, 11) is 3.29. The SMILES string of the molecule is C=CC(=O)NC1CN(c2cc(CCc3cc(OC)cc(OC)c3)[nH]n2)CCO1.Cc1ccc(C(N)=O)cc1. The van der Waals surface area contributed by atoms with E-state index < -0.39 is 0 Å². The summed E-state index contributed by atoms with van der Waals surface area (Å²) in [6.07, 6.45) is 2.51. The summed E-state index contributed by atoms with van der Waals surface area (Å²) < 4.78 is 16.2. The minimum atomic E-state index is -0.375. The van der Waals surface area contributed by atoms with Crippen molar-refractivity contribution in [3.8, 4) is 11.5 Å². The Morgan fingerprint density at radius 1 is 1.16 bits per heavy atom. The third-order valence-electron chi connectivity index (χ3n) is 5.93. The van der Waals surface area contributed by atoms with Gasteiger partial charge in [0, 0.05) is 29.9 Å². The number of carbonyl (C=O) groups is 2. The van der Waals surface area contributed by atoms with Gasteiger partial charge in [0.05, 0.1) is 27.4 Å². The fourth-order valence-electron chi connectivity index (χ4n) is 3.81. The molecule has 3 aromatic rings. The van der Waals surface area contributed by atoms with Crippen LogP contribution in [-0.4, -0.2) is 62.2 Å². The van der Waals surface area contributed by atoms with Gasteiger partial charge in [0.15, 0.2) is 5.82 Å². The van der Waals surface area contributed by atoms with Crippen molar-refractivity contribution in [2.45, 2.75) is 26.0 Å². The van der Waals surface area contributed by atoms with Crippen molar-refractivity contribution < 1.29 is 23.8 Å². The predicted octanol–water partition coefficient (Wildman–Crippen LogP) is 2.77. The van der Waals surface area contributed by atoms with Crippen LogP contribution in [0.3, 0.4) is 0 Å². The molecule has 0 aliphatic carbocycles. The number of nitrogens with zero attached hydrogens (tertiary/aromatic N) is 2. The fourth-order valence-corrected chi connectivity index (χ4v) is 3.81. The van der Waals surface area contributed by atoms with Gasteiger partial charge in [0.1, 0.15) is 17.7 Å². The van der Waals surface area contributed by atoms with E-state index in [0.29, 0.717) is 18.7 Å². The topological polar surface area (TPSA) is 132 Å². The van der Waals surface area contributed by atoms with Gasteiger partial charge >= 0.3 is 0 Å². The van der Waals surface area contributed by atoms with Crippen molar-refractivity contribution in [3.63, 3.8) is 0 Å². The highest BCUT2D eigenvalue weighted by Gasteiger charge is 2.23. The Balaban J connectivity index is 0.000000336. The van der Waals surface area contributed by atoms with E-state index in [2.05, 4.69) is 27.0 Å². The van der Waals surface area contributed by atoms with Crippen LogP contribution in [-0.2, 0) is 22.4 Å². The van der Waals surface area contributed by atoms with Crippen LogP contribution in [0.15, 0.2) is 61.2 Å². The summed E-state index contributed by atoms with van der Waals surface area (Å²) in [4.78, 5) is 24.1. The molecule has 1 saturated heterocycles. The number of methoxy groups -OCH3 is 2. The van der Waals surface area contributed by atoms with Gasteiger partial charge < -0.3 is 30.2 Å². The van der Waals surface area contributed by atoms with Gasteiger partial charge in [0.25, 0.3) is 0 Å². The van der Waals surface area contributed by atoms with Crippen LogP contribution in [0.2, 0.25) is 0 Å². The molecule has 2 amide bonds. The molecule has 1 atom stereocenters. The molecule has 0 spiro atoms. The van der Waals surface area contributed by atoms with Crippen molar-refractivity contribution in [1.82, 2.24) is 15.5 Å². The monoisotopic (exact) mass is 521 g/mol. The number of rotatable bonds is 9. The minimum Gasteiger partial charge on any atom is -0.497 e. The van der Waals surface area contributed by atoms with E-state index in [4.69, 9.17) is 19.9 Å². The molecule has 4 rings (SSSR count). The Labute approximate surface area is 222 Å². The molecule has 202 valence electrons. The maximum atomic E-state index is 11.5. The first kappa shape index (κ1) is 28.3. The van der Waals surface area contributed by atoms with Crippen molar-refractivity contribution in [1.29, 1.82) is 0 Å². The second-order valence-electron chi connectivity index (χ2n) is 8.72. The van der Waals surface area contributed by atoms with Crippen LogP contribution in [0.25, 0.3) is 0 Å². The lowest BCUT2D eigenvalue weighted by atomic mass is 10.1. The molecule has 4 N–H and O–H groups in total. The number of aromatic amines is 1. The first-order valence-corrected chi connectivity index (χ1v) is 12.2. The van der Waals surface area contributed by atoms with Crippen molar-refractivity contribution in [3.05, 3.63) is 83.6 Å². The second kappa shape index (κ2) is 13.8. The van der Waals surface area contributed by atoms with Crippen LogP contribution in [0, 0.1) is 6.92 Å². The molecule has 10 heteroatoms. The fraction of sp³-hybridized carbons (Fsp3) is 0.321. The summed E-state index contributed by atoms with van der Waals surface area (Å²) >= 11 is 0. The first-order valence-electron chi connectivity index (χ1n) is 12.2. The van der Waals surface area contributed by atoms with Crippen molar-refractivity contribution in [2.24, 2.45) is 5.73 Å². The smallest absolute Gasteiger partial charge is 0.248 e. The Kier molecular flexibility index (Phi) is 10.3. The molecule has 38 heavy (non-hydrogen) atoms. The normalized spacial score (nSPS) is 14.6. The Morgan fingerprint density at radius 2 is 1.84 bits per heavy atom. The number of nitrogens with two attached hydrogens (primary N) is 1. The van der Waals surface area contributed by atoms with E-state index in [-0.39, 0.29) is 18.0 Å². The zero-order chi connectivity index (χ0) is 27.5. The summed E-state index contributed by atoms with van der Waals surface area (Å²) in [5.41, 5.74) is 8.88. The van der Waals surface area contributed by atoms with Gasteiger partial charge in [-0.05, 0) is 55.7 Å². The summed E-state index contributed by atoms with van der Waals surface area (Å²) in [6, 6.07) is 15.1. The zero-order valence-electron chi connectivity index (χ0n) is 22.0. The Bertz CT molecular complexity index is 1200. The molecule has 0 bridgehead atoms. The highest BCUT2D eigenvalue weighted by Crippen LogP contribution is 2.24. The van der Waals surface area contributed by atoms with E-state index >= 15 is 0 Å². The number of hydrogen-bond donors (Lipinski definition) is 3. The Morgan fingerprint density at radius 3 is 2.45 bits per heavy atom. The molecular formula is C28H35N5O5. The first-order chi connectivity index (χ1) is 18.3. The van der Waals surface area contributed by atoms with Crippen LogP contribution in [0.5, 0.6) is 11.5 Å². The molecule has 2 aromatic carbocycles. The van der Waals surface area contributed by atoms with Crippen LogP contribution < -0.4 is 25.4 Å². The zero-order valence-corrected chi connectivity index (χ0v) is 22.0. The van der Waals surface area contributed by atoms with E-state index in [9.17, 15) is 9.59 Å². The van der Waals surface area contributed by atoms with Crippen LogP contribution >= 0.6 is 0 Å². The third kappa shape index (κ3) is 8.38. The average Bonchev–Trinajstić information content (AvgIpc) is 3.41. The van der Waals surface area contributed by atoms with Gasteiger partial charge in [-0.3, -0.25) is 14.7 Å². The van der Waals surface area contributed by atoms with Crippen molar-refractivity contribution in [2.75, 3.05) is 38.8 Å². The lowest BCUT2D eigenvalue weighted by Gasteiger charge is -2.32. The van der Waals surface area contributed by atoms with Crippen molar-refractivity contribution >= 4 is 17.6 Å². The molecule has 1 aliphatic rings. The molecule has 2 heterocycles. The largest absolute Gasteiger partial charge is 0.497 e. The van der Waals surface area contributed by atoms with Crippen LogP contribution in [0.4, 0.5) is 5.82 Å². The number of H-pyrrole nitrogens is 1. The number of morpholine rings is 1. The molecule has 1 aliphatic heterocycles. The van der Waals surface area contributed by atoms with E-state index in [0.717, 1.165) is 53.5 Å². The number of primary amides is 1. The maximum Gasteiger partial charge on any atom is 0.248 e. The third-order valence-corrected chi connectivity index (χ3v) is 5.93. The van der Waals surface area contributed by atoms with E-state index in [1.807, 2.05) is 43.3 Å². The summed E-state index contributed by atoms with van der Waals surface area (Å²) in [5.74, 6) is 1.78. The molecule has 0 radical (unpaired) electrons. The van der Waals surface area contributed by atoms with E-state index in [1.165, 1.54) is 6.08 Å². The molecule has 1 aromatic heterocycles. The summed E-state index contributed by atoms with van der Waals surface area (Å²) in [5, 5.41) is 10.3. The number of anilines is 1. The molecule has 10 nitrogen and oxygen atoms in total. The van der Waals surface area contributed by atoms with Gasteiger partial charge in [-0.2, -0.15) is 5.10 Å². The molecule has 1 fully saturated rings. The second-order valence-corrected chi connectivity index (χ2v) is 8.72. The summed E-state index contributed by atoms with van der Waals surface area (Å²) in [6.45, 7) is 7.20. The number of nitrogens with one attached hydrogen (secondary N) is 2. The minimum absolute atomic E-state index is 0.247. The van der Waals surface area contributed by atoms with Gasteiger partial charge in [-0.1, -0.05) is 24.3 Å². The molecule has 0 saturated carbocycles. The number of amides is 2. The number of hydrogen-bond acceptors (Lipinski definition) is 7. The quantitative estimate of drug-likeness (QED) is 0.369. The number of aromatic nitrogens is 2. The number of aryl methyl sites for hydroxylation is 3. The molecular weight excluding hydrogens is 486 g/mol. The highest BCUT2D eigenvalue weighted by atomic mass is 16.5. The van der Waals surface area contributed by atoms with Crippen LogP contribution in [0.1, 0.15) is 27.2 Å². The number of carbonyl (C=O) groups excluding carboxylic acids is 2. The maximum absolute atomic E-state index is 11.5. The number of ether oxygens (including phenoxy) is 3. The number of benzene rings is 2. The van der Waals surface area contributed by atoms with Gasteiger partial charge in [-0.15, -0.1) is 0 Å². The van der Waals surface area contributed by atoms with Gasteiger partial charge in [-0.25, -0.2) is 0 Å².